The summed E-state index contributed by atoms with van der Waals surface area (Å²) in [6.07, 6.45) is 4.60. The zero-order valence-corrected chi connectivity index (χ0v) is 12.7. The maximum Gasteiger partial charge on any atom is 0.134 e. The average molecular weight is 299 g/mol. The van der Waals surface area contributed by atoms with Crippen LogP contribution in [-0.2, 0) is 11.3 Å². The van der Waals surface area contributed by atoms with Crippen molar-refractivity contribution in [1.29, 1.82) is 0 Å². The van der Waals surface area contributed by atoms with E-state index in [-0.39, 0.29) is 24.0 Å². The Morgan fingerprint density at radius 1 is 1.29 bits per heavy atom. The van der Waals surface area contributed by atoms with Gasteiger partial charge in [-0.25, -0.2) is 8.78 Å². The molecule has 1 saturated heterocycles. The van der Waals surface area contributed by atoms with Gasteiger partial charge in [-0.3, -0.25) is 0 Å². The standard InChI is InChI=1S/C16H23F2NO2/c1-19(7-6-12-5-3-4-8-21-12)11-14-15(17)9-13(20-2)10-16(14)18/h9-10,12H,3-8,11H2,1-2H3. The highest BCUT2D eigenvalue weighted by molar-refractivity contribution is 5.30. The number of hydrogen-bond donors (Lipinski definition) is 0. The van der Waals surface area contributed by atoms with E-state index in [1.165, 1.54) is 25.7 Å². The second-order valence-electron chi connectivity index (χ2n) is 5.58. The van der Waals surface area contributed by atoms with Crippen LogP contribution in [0, 0.1) is 11.6 Å². The molecule has 1 unspecified atom stereocenters. The molecule has 0 amide bonds. The van der Waals surface area contributed by atoms with Crippen molar-refractivity contribution in [2.24, 2.45) is 0 Å². The van der Waals surface area contributed by atoms with Crippen LogP contribution in [0.4, 0.5) is 8.78 Å². The molecular formula is C16H23F2NO2. The van der Waals surface area contributed by atoms with Crippen LogP contribution in [0.15, 0.2) is 12.1 Å². The molecule has 0 saturated carbocycles. The van der Waals surface area contributed by atoms with Crippen LogP contribution in [0.2, 0.25) is 0 Å². The van der Waals surface area contributed by atoms with Crippen molar-refractivity contribution in [3.8, 4) is 5.75 Å². The Labute approximate surface area is 124 Å². The molecule has 118 valence electrons. The number of nitrogens with zero attached hydrogens (tertiary/aromatic N) is 1. The van der Waals surface area contributed by atoms with Crippen molar-refractivity contribution < 1.29 is 18.3 Å². The van der Waals surface area contributed by atoms with Gasteiger partial charge in [0.1, 0.15) is 17.4 Å². The van der Waals surface area contributed by atoms with Crippen LogP contribution >= 0.6 is 0 Å². The summed E-state index contributed by atoms with van der Waals surface area (Å²) in [5.41, 5.74) is 0.0860. The molecule has 0 spiro atoms. The number of benzene rings is 1. The van der Waals surface area contributed by atoms with Crippen LogP contribution < -0.4 is 4.74 Å². The van der Waals surface area contributed by atoms with Crippen molar-refractivity contribution >= 4 is 0 Å². The molecule has 1 aromatic rings. The first-order chi connectivity index (χ1) is 10.1. The second kappa shape index (κ2) is 7.71. The van der Waals surface area contributed by atoms with Gasteiger partial charge in [0.2, 0.25) is 0 Å². The van der Waals surface area contributed by atoms with Crippen molar-refractivity contribution in [2.45, 2.75) is 38.3 Å². The van der Waals surface area contributed by atoms with Crippen molar-refractivity contribution in [3.05, 3.63) is 29.3 Å². The molecule has 2 rings (SSSR count). The first-order valence-electron chi connectivity index (χ1n) is 7.42. The van der Waals surface area contributed by atoms with Crippen LogP contribution in [-0.4, -0.2) is 38.3 Å². The molecular weight excluding hydrogens is 276 g/mol. The van der Waals surface area contributed by atoms with E-state index in [1.807, 2.05) is 11.9 Å². The fourth-order valence-electron chi connectivity index (χ4n) is 2.60. The predicted octanol–water partition coefficient (Wildman–Crippen LogP) is 3.36. The van der Waals surface area contributed by atoms with Crippen molar-refractivity contribution in [3.63, 3.8) is 0 Å². The van der Waals surface area contributed by atoms with E-state index in [1.54, 1.807) is 0 Å². The highest BCUT2D eigenvalue weighted by Crippen LogP contribution is 2.22. The van der Waals surface area contributed by atoms with E-state index < -0.39 is 11.6 Å². The first kappa shape index (κ1) is 16.2. The molecule has 3 nitrogen and oxygen atoms in total. The Kier molecular flexibility index (Phi) is 5.94. The molecule has 0 N–H and O–H groups in total. The Bertz CT molecular complexity index is 439. The molecule has 0 aliphatic carbocycles. The number of methoxy groups -OCH3 is 1. The Morgan fingerprint density at radius 2 is 2.00 bits per heavy atom. The topological polar surface area (TPSA) is 21.7 Å². The van der Waals surface area contributed by atoms with Crippen LogP contribution in [0.3, 0.4) is 0 Å². The summed E-state index contributed by atoms with van der Waals surface area (Å²) in [6.45, 7) is 1.83. The van der Waals surface area contributed by atoms with Crippen molar-refractivity contribution in [2.75, 3.05) is 27.3 Å². The van der Waals surface area contributed by atoms with Gasteiger partial charge >= 0.3 is 0 Å². The Morgan fingerprint density at radius 3 is 2.57 bits per heavy atom. The lowest BCUT2D eigenvalue weighted by atomic mass is 10.1. The van der Waals surface area contributed by atoms with Gasteiger partial charge in [-0.15, -0.1) is 0 Å². The zero-order valence-electron chi connectivity index (χ0n) is 12.7. The normalized spacial score (nSPS) is 19.0. The maximum absolute atomic E-state index is 13.9. The molecule has 21 heavy (non-hydrogen) atoms. The smallest absolute Gasteiger partial charge is 0.134 e. The maximum atomic E-state index is 13.9. The summed E-state index contributed by atoms with van der Waals surface area (Å²) in [5, 5.41) is 0. The predicted molar refractivity (Wildman–Crippen MR) is 77.5 cm³/mol. The monoisotopic (exact) mass is 299 g/mol. The summed E-state index contributed by atoms with van der Waals surface area (Å²) in [6, 6.07) is 2.44. The highest BCUT2D eigenvalue weighted by Gasteiger charge is 2.17. The minimum absolute atomic E-state index is 0.0860. The zero-order chi connectivity index (χ0) is 15.2. The minimum atomic E-state index is -0.562. The summed E-state index contributed by atoms with van der Waals surface area (Å²) >= 11 is 0. The van der Waals surface area contributed by atoms with E-state index in [9.17, 15) is 8.78 Å². The van der Waals surface area contributed by atoms with Gasteiger partial charge in [-0.2, -0.15) is 0 Å². The molecule has 1 aliphatic heterocycles. The molecule has 1 atom stereocenters. The SMILES string of the molecule is COc1cc(F)c(CN(C)CCC2CCCCO2)c(F)c1. The Hall–Kier alpha value is -1.20. The largest absolute Gasteiger partial charge is 0.497 e. The van der Waals surface area contributed by atoms with Crippen molar-refractivity contribution in [1.82, 2.24) is 4.90 Å². The number of hydrogen-bond acceptors (Lipinski definition) is 3. The number of ether oxygens (including phenoxy) is 2. The van der Waals surface area contributed by atoms with E-state index in [2.05, 4.69) is 0 Å². The van der Waals surface area contributed by atoms with E-state index in [0.29, 0.717) is 0 Å². The molecule has 0 radical (unpaired) electrons. The van der Waals surface area contributed by atoms with Gasteiger partial charge in [0, 0.05) is 37.4 Å². The fraction of sp³-hybridized carbons (Fsp3) is 0.625. The van der Waals surface area contributed by atoms with Crippen LogP contribution in [0.5, 0.6) is 5.75 Å². The summed E-state index contributed by atoms with van der Waals surface area (Å²) in [7, 11) is 3.26. The van der Waals surface area contributed by atoms with Gasteiger partial charge in [-0.1, -0.05) is 0 Å². The van der Waals surface area contributed by atoms with E-state index in [0.717, 1.165) is 32.4 Å². The quantitative estimate of drug-likeness (QED) is 0.804. The molecule has 0 aromatic heterocycles. The van der Waals surface area contributed by atoms with Gasteiger partial charge < -0.3 is 14.4 Å². The third kappa shape index (κ3) is 4.64. The highest BCUT2D eigenvalue weighted by atomic mass is 19.1. The molecule has 1 aliphatic rings. The summed E-state index contributed by atoms with van der Waals surface area (Å²) in [4.78, 5) is 1.92. The third-order valence-corrected chi connectivity index (χ3v) is 3.89. The molecule has 1 heterocycles. The third-order valence-electron chi connectivity index (χ3n) is 3.89. The van der Waals surface area contributed by atoms with Crippen LogP contribution in [0.25, 0.3) is 0 Å². The average Bonchev–Trinajstić information content (AvgIpc) is 2.49. The summed E-state index contributed by atoms with van der Waals surface area (Å²) in [5.74, 6) is -0.924. The first-order valence-corrected chi connectivity index (χ1v) is 7.42. The number of halogens is 2. The minimum Gasteiger partial charge on any atom is -0.497 e. The van der Waals surface area contributed by atoms with Gasteiger partial charge in [0.05, 0.1) is 13.2 Å². The molecule has 1 fully saturated rings. The van der Waals surface area contributed by atoms with Gasteiger partial charge in [0.15, 0.2) is 0 Å². The van der Waals surface area contributed by atoms with Gasteiger partial charge in [0.25, 0.3) is 0 Å². The Balaban J connectivity index is 1.88. The molecule has 1 aromatic carbocycles. The van der Waals surface area contributed by atoms with E-state index >= 15 is 0 Å². The van der Waals surface area contributed by atoms with Gasteiger partial charge in [-0.05, 0) is 32.7 Å². The fourth-order valence-corrected chi connectivity index (χ4v) is 2.60. The lowest BCUT2D eigenvalue weighted by Crippen LogP contribution is -2.27. The molecule has 5 heteroatoms. The number of rotatable bonds is 6. The van der Waals surface area contributed by atoms with E-state index in [4.69, 9.17) is 9.47 Å². The van der Waals surface area contributed by atoms with Crippen LogP contribution in [0.1, 0.15) is 31.2 Å². The lowest BCUT2D eigenvalue weighted by Gasteiger charge is -2.25. The lowest BCUT2D eigenvalue weighted by molar-refractivity contribution is 0.00634. The molecule has 0 bridgehead atoms. The second-order valence-corrected chi connectivity index (χ2v) is 5.58. The summed E-state index contributed by atoms with van der Waals surface area (Å²) < 4.78 is 38.3.